The number of methoxy groups -OCH3 is 1. The van der Waals surface area contributed by atoms with Crippen LogP contribution in [0.25, 0.3) is 10.9 Å². The second-order valence-electron chi connectivity index (χ2n) is 5.78. The fourth-order valence-electron chi connectivity index (χ4n) is 3.10. The molecule has 0 bridgehead atoms. The Kier molecular flexibility index (Phi) is 4.75. The number of esters is 1. The van der Waals surface area contributed by atoms with Crippen LogP contribution in [-0.4, -0.2) is 35.5 Å². The van der Waals surface area contributed by atoms with Gasteiger partial charge in [0, 0.05) is 25.1 Å². The molecule has 25 heavy (non-hydrogen) atoms. The van der Waals surface area contributed by atoms with Crippen molar-refractivity contribution in [1.82, 2.24) is 9.88 Å². The van der Waals surface area contributed by atoms with E-state index in [1.165, 1.54) is 14.0 Å². The maximum absolute atomic E-state index is 12.4. The number of carbonyl (C=O) groups is 2. The van der Waals surface area contributed by atoms with E-state index in [0.29, 0.717) is 27.9 Å². The van der Waals surface area contributed by atoms with Gasteiger partial charge in [-0.1, -0.05) is 23.2 Å². The lowest BCUT2D eigenvalue weighted by molar-refractivity contribution is -0.151. The first-order chi connectivity index (χ1) is 11.8. The van der Waals surface area contributed by atoms with E-state index in [9.17, 15) is 9.59 Å². The van der Waals surface area contributed by atoms with Crippen molar-refractivity contribution in [1.29, 1.82) is 0 Å². The molecule has 3 rings (SSSR count). The molecule has 132 valence electrons. The monoisotopic (exact) mass is 382 g/mol. The molecule has 6 nitrogen and oxygen atoms in total. The lowest BCUT2D eigenvalue weighted by atomic mass is 10.0. The second-order valence-corrected chi connectivity index (χ2v) is 6.53. The van der Waals surface area contributed by atoms with Crippen molar-refractivity contribution in [2.24, 2.45) is 0 Å². The van der Waals surface area contributed by atoms with Crippen LogP contribution in [0.15, 0.2) is 12.3 Å². The average molecular weight is 383 g/mol. The Morgan fingerprint density at radius 1 is 1.36 bits per heavy atom. The van der Waals surface area contributed by atoms with Crippen LogP contribution < -0.4 is 4.74 Å². The highest BCUT2D eigenvalue weighted by molar-refractivity contribution is 6.46. The van der Waals surface area contributed by atoms with E-state index >= 15 is 0 Å². The molecule has 0 N–H and O–H groups in total. The van der Waals surface area contributed by atoms with Gasteiger partial charge in [0.1, 0.15) is 10.8 Å². The molecular formula is C17H16Cl2N2O4. The highest BCUT2D eigenvalue weighted by atomic mass is 35.5. The van der Waals surface area contributed by atoms with Gasteiger partial charge in [0.05, 0.1) is 23.7 Å². The SMILES string of the molecule is COc1cc2c3c(cnc2c(Cl)c1Cl)CN(C(=O)COC(C)=O)[C@H]3C. The number of fused-ring (bicyclic) bond motifs is 3. The summed E-state index contributed by atoms with van der Waals surface area (Å²) in [7, 11) is 1.51. The lowest BCUT2D eigenvalue weighted by Crippen LogP contribution is -2.32. The molecule has 1 aliphatic rings. The third-order valence-corrected chi connectivity index (χ3v) is 5.14. The number of ether oxygens (including phenoxy) is 2. The number of benzene rings is 1. The first kappa shape index (κ1) is 17.8. The normalized spacial score (nSPS) is 16.0. The van der Waals surface area contributed by atoms with Crippen LogP contribution >= 0.6 is 23.2 Å². The van der Waals surface area contributed by atoms with Crippen molar-refractivity contribution < 1.29 is 19.1 Å². The van der Waals surface area contributed by atoms with Crippen molar-refractivity contribution >= 4 is 46.0 Å². The molecule has 0 saturated heterocycles. The fraction of sp³-hybridized carbons (Fsp3) is 0.353. The van der Waals surface area contributed by atoms with E-state index in [4.69, 9.17) is 32.7 Å². The Bertz CT molecular complexity index is 885. The maximum Gasteiger partial charge on any atom is 0.303 e. The van der Waals surface area contributed by atoms with Gasteiger partial charge in [0.15, 0.2) is 6.61 Å². The van der Waals surface area contributed by atoms with Crippen LogP contribution in [0.2, 0.25) is 10.0 Å². The van der Waals surface area contributed by atoms with E-state index in [1.807, 2.05) is 6.92 Å². The Balaban J connectivity index is 2.05. The molecule has 1 aromatic heterocycles. The van der Waals surface area contributed by atoms with Crippen molar-refractivity contribution in [3.05, 3.63) is 33.4 Å². The third kappa shape index (κ3) is 3.00. The van der Waals surface area contributed by atoms with Gasteiger partial charge in [-0.05, 0) is 24.1 Å². The number of rotatable bonds is 3. The highest BCUT2D eigenvalue weighted by Gasteiger charge is 2.33. The zero-order valence-corrected chi connectivity index (χ0v) is 15.4. The summed E-state index contributed by atoms with van der Waals surface area (Å²) in [5.41, 5.74) is 2.42. The van der Waals surface area contributed by atoms with E-state index in [0.717, 1.165) is 16.5 Å². The molecular weight excluding hydrogens is 367 g/mol. The van der Waals surface area contributed by atoms with Gasteiger partial charge in [0.25, 0.3) is 5.91 Å². The van der Waals surface area contributed by atoms with Gasteiger partial charge < -0.3 is 14.4 Å². The molecule has 1 amide bonds. The summed E-state index contributed by atoms with van der Waals surface area (Å²) >= 11 is 12.5. The quantitative estimate of drug-likeness (QED) is 0.759. The molecule has 1 atom stereocenters. The van der Waals surface area contributed by atoms with Crippen molar-refractivity contribution in [2.45, 2.75) is 26.4 Å². The Labute approximate surface area is 154 Å². The predicted octanol–water partition coefficient (Wildman–Crippen LogP) is 3.52. The van der Waals surface area contributed by atoms with Gasteiger partial charge in [-0.15, -0.1) is 0 Å². The number of hydrogen-bond acceptors (Lipinski definition) is 5. The number of aromatic nitrogens is 1. The largest absolute Gasteiger partial charge is 0.495 e. The smallest absolute Gasteiger partial charge is 0.303 e. The summed E-state index contributed by atoms with van der Waals surface area (Å²) in [5.74, 6) is -0.304. The topological polar surface area (TPSA) is 68.7 Å². The second kappa shape index (κ2) is 6.69. The molecule has 0 fully saturated rings. The average Bonchev–Trinajstić information content (AvgIpc) is 2.93. The Morgan fingerprint density at radius 3 is 2.72 bits per heavy atom. The first-order valence-electron chi connectivity index (χ1n) is 7.61. The molecule has 0 saturated carbocycles. The molecule has 2 heterocycles. The minimum atomic E-state index is -0.490. The van der Waals surface area contributed by atoms with Crippen LogP contribution in [0.5, 0.6) is 5.75 Å². The van der Waals surface area contributed by atoms with E-state index < -0.39 is 5.97 Å². The molecule has 2 aromatic rings. The van der Waals surface area contributed by atoms with Gasteiger partial charge in [-0.25, -0.2) is 0 Å². The summed E-state index contributed by atoms with van der Waals surface area (Å²) in [6.45, 7) is 3.29. The summed E-state index contributed by atoms with van der Waals surface area (Å²) in [4.78, 5) is 29.3. The molecule has 0 spiro atoms. The van der Waals surface area contributed by atoms with Gasteiger partial charge >= 0.3 is 5.97 Å². The number of pyridine rings is 1. The van der Waals surface area contributed by atoms with Crippen LogP contribution in [0.1, 0.15) is 31.0 Å². The molecule has 0 unspecified atom stereocenters. The van der Waals surface area contributed by atoms with Crippen LogP contribution in [0.3, 0.4) is 0 Å². The highest BCUT2D eigenvalue weighted by Crippen LogP contribution is 2.44. The fourth-order valence-corrected chi connectivity index (χ4v) is 3.57. The van der Waals surface area contributed by atoms with E-state index in [1.54, 1.807) is 17.2 Å². The first-order valence-corrected chi connectivity index (χ1v) is 8.37. The number of halogens is 2. The Hall–Kier alpha value is -2.05. The molecule has 0 aliphatic carbocycles. The van der Waals surface area contributed by atoms with Crippen LogP contribution in [0, 0.1) is 0 Å². The maximum atomic E-state index is 12.4. The summed E-state index contributed by atoms with van der Waals surface area (Å²) in [6, 6.07) is 1.57. The summed E-state index contributed by atoms with van der Waals surface area (Å²) in [5, 5.41) is 1.41. The van der Waals surface area contributed by atoms with Gasteiger partial charge in [-0.3, -0.25) is 14.6 Å². The van der Waals surface area contributed by atoms with Crippen molar-refractivity contribution in [2.75, 3.05) is 13.7 Å². The van der Waals surface area contributed by atoms with Gasteiger partial charge in [0.2, 0.25) is 0 Å². The predicted molar refractivity (Wildman–Crippen MR) is 93.9 cm³/mol. The zero-order chi connectivity index (χ0) is 18.3. The number of carbonyl (C=O) groups excluding carboxylic acids is 2. The van der Waals surface area contributed by atoms with Crippen molar-refractivity contribution in [3.63, 3.8) is 0 Å². The third-order valence-electron chi connectivity index (χ3n) is 4.30. The minimum Gasteiger partial charge on any atom is -0.495 e. The molecule has 0 radical (unpaired) electrons. The minimum absolute atomic E-state index is 0.217. The standard InChI is InChI=1S/C17H16Cl2N2O4/c1-8-14-10(6-21(8)13(23)7-25-9(2)22)5-20-17-11(14)4-12(24-3)15(18)16(17)19/h4-5,8H,6-7H2,1-3H3/t8-/m0/s1. The number of nitrogens with zero attached hydrogens (tertiary/aromatic N) is 2. The lowest BCUT2D eigenvalue weighted by Gasteiger charge is -2.22. The summed E-state index contributed by atoms with van der Waals surface area (Å²) < 4.78 is 10.1. The van der Waals surface area contributed by atoms with Crippen molar-refractivity contribution in [3.8, 4) is 5.75 Å². The molecule has 1 aromatic carbocycles. The number of hydrogen-bond donors (Lipinski definition) is 0. The van der Waals surface area contributed by atoms with Crippen LogP contribution in [-0.2, 0) is 20.9 Å². The molecule has 8 heteroatoms. The molecule has 1 aliphatic heterocycles. The number of amides is 1. The van der Waals surface area contributed by atoms with E-state index in [-0.39, 0.29) is 18.6 Å². The summed E-state index contributed by atoms with van der Waals surface area (Å²) in [6.07, 6.45) is 1.70. The van der Waals surface area contributed by atoms with E-state index in [2.05, 4.69) is 4.98 Å². The van der Waals surface area contributed by atoms with Gasteiger partial charge in [-0.2, -0.15) is 0 Å². The zero-order valence-electron chi connectivity index (χ0n) is 13.9. The Morgan fingerprint density at radius 2 is 2.08 bits per heavy atom. The van der Waals surface area contributed by atoms with Crippen LogP contribution in [0.4, 0.5) is 0 Å².